The van der Waals surface area contributed by atoms with Gasteiger partial charge in [-0.2, -0.15) is 0 Å². The summed E-state index contributed by atoms with van der Waals surface area (Å²) in [5.41, 5.74) is 2.85. The van der Waals surface area contributed by atoms with Gasteiger partial charge < -0.3 is 9.15 Å². The molecule has 106 valence electrons. The van der Waals surface area contributed by atoms with E-state index in [9.17, 15) is 4.79 Å². The van der Waals surface area contributed by atoms with Crippen molar-refractivity contribution < 1.29 is 13.9 Å². The highest BCUT2D eigenvalue weighted by Gasteiger charge is 2.20. The lowest BCUT2D eigenvalue weighted by atomic mass is 9.89. The molecule has 1 aliphatic carbocycles. The zero-order chi connectivity index (χ0) is 13.8. The third-order valence-corrected chi connectivity index (χ3v) is 3.73. The highest BCUT2D eigenvalue weighted by atomic mass is 16.5. The van der Waals surface area contributed by atoms with Gasteiger partial charge in [0, 0.05) is 5.56 Å². The molecule has 0 spiro atoms. The lowest BCUT2D eigenvalue weighted by Crippen LogP contribution is -2.30. The first-order valence-electron chi connectivity index (χ1n) is 6.82. The number of hydrazine groups is 1. The van der Waals surface area contributed by atoms with Crippen molar-refractivity contribution in [1.82, 2.24) is 5.43 Å². The van der Waals surface area contributed by atoms with Crippen LogP contribution in [0.15, 0.2) is 10.5 Å². The molecule has 5 nitrogen and oxygen atoms in total. The fourth-order valence-corrected chi connectivity index (χ4v) is 2.51. The number of hydrogen-bond acceptors (Lipinski definition) is 4. The van der Waals surface area contributed by atoms with Crippen molar-refractivity contribution in [3.8, 4) is 0 Å². The van der Waals surface area contributed by atoms with Gasteiger partial charge in [-0.05, 0) is 44.6 Å². The Bertz CT molecular complexity index is 434. The number of nitrogens with two attached hydrogens (primary N) is 1. The summed E-state index contributed by atoms with van der Waals surface area (Å²) in [5.74, 6) is 6.44. The predicted octanol–water partition coefficient (Wildman–Crippen LogP) is 2.29. The van der Waals surface area contributed by atoms with Crippen molar-refractivity contribution >= 4 is 5.91 Å². The topological polar surface area (TPSA) is 77.5 Å². The number of nitrogens with one attached hydrogen (secondary N) is 1. The highest BCUT2D eigenvalue weighted by molar-refractivity contribution is 5.92. The first-order valence-corrected chi connectivity index (χ1v) is 6.82. The first kappa shape index (κ1) is 14.1. The summed E-state index contributed by atoms with van der Waals surface area (Å²) in [4.78, 5) is 11.4. The number of nitrogen functional groups attached to an aromatic ring is 1. The van der Waals surface area contributed by atoms with E-state index >= 15 is 0 Å². The third kappa shape index (κ3) is 3.58. The molecule has 0 atom stereocenters. The maximum Gasteiger partial charge on any atom is 0.301 e. The number of aryl methyl sites for hydroxylation is 1. The molecule has 1 aliphatic rings. The van der Waals surface area contributed by atoms with E-state index in [4.69, 9.17) is 15.0 Å². The normalized spacial score (nSPS) is 23.3. The molecule has 1 heterocycles. The van der Waals surface area contributed by atoms with Crippen LogP contribution in [0.3, 0.4) is 0 Å². The largest absolute Gasteiger partial charge is 0.453 e. The Kier molecular flexibility index (Phi) is 4.61. The second kappa shape index (κ2) is 6.21. The SMILES string of the molecule is Cc1cc(COC2CCC(C)CC2)oc1C(=O)NN. The second-order valence-electron chi connectivity index (χ2n) is 5.39. The van der Waals surface area contributed by atoms with E-state index in [0.717, 1.165) is 24.3 Å². The van der Waals surface area contributed by atoms with Crippen molar-refractivity contribution in [1.29, 1.82) is 0 Å². The molecule has 0 radical (unpaired) electrons. The molecule has 1 fully saturated rings. The molecule has 0 unspecified atom stereocenters. The van der Waals surface area contributed by atoms with Gasteiger partial charge in [-0.15, -0.1) is 0 Å². The van der Waals surface area contributed by atoms with Crippen LogP contribution >= 0.6 is 0 Å². The van der Waals surface area contributed by atoms with Crippen LogP contribution in [0.1, 0.15) is 54.5 Å². The van der Waals surface area contributed by atoms with Crippen LogP contribution in [0.5, 0.6) is 0 Å². The summed E-state index contributed by atoms with van der Waals surface area (Å²) >= 11 is 0. The van der Waals surface area contributed by atoms with E-state index in [1.54, 1.807) is 0 Å². The minimum Gasteiger partial charge on any atom is -0.453 e. The number of carbonyl (C=O) groups is 1. The average Bonchev–Trinajstić information content (AvgIpc) is 2.78. The van der Waals surface area contributed by atoms with Crippen LogP contribution in [0.2, 0.25) is 0 Å². The van der Waals surface area contributed by atoms with Crippen LogP contribution in [0.25, 0.3) is 0 Å². The van der Waals surface area contributed by atoms with Gasteiger partial charge in [-0.3, -0.25) is 10.2 Å². The van der Waals surface area contributed by atoms with Gasteiger partial charge in [-0.1, -0.05) is 6.92 Å². The van der Waals surface area contributed by atoms with Crippen LogP contribution in [-0.2, 0) is 11.3 Å². The third-order valence-electron chi connectivity index (χ3n) is 3.73. The Morgan fingerprint density at radius 1 is 1.47 bits per heavy atom. The minimum absolute atomic E-state index is 0.262. The number of carbonyl (C=O) groups excluding carboxylic acids is 1. The molecule has 0 aromatic carbocycles. The Hall–Kier alpha value is -1.33. The lowest BCUT2D eigenvalue weighted by molar-refractivity contribution is 0.000987. The zero-order valence-corrected chi connectivity index (χ0v) is 11.6. The summed E-state index contributed by atoms with van der Waals surface area (Å²) < 4.78 is 11.3. The van der Waals surface area contributed by atoms with Gasteiger partial charge in [0.2, 0.25) is 0 Å². The fourth-order valence-electron chi connectivity index (χ4n) is 2.51. The predicted molar refractivity (Wildman–Crippen MR) is 71.3 cm³/mol. The van der Waals surface area contributed by atoms with E-state index in [1.807, 2.05) is 13.0 Å². The quantitative estimate of drug-likeness (QED) is 0.498. The highest BCUT2D eigenvalue weighted by Crippen LogP contribution is 2.26. The van der Waals surface area contributed by atoms with Gasteiger partial charge in [0.15, 0.2) is 5.76 Å². The second-order valence-corrected chi connectivity index (χ2v) is 5.39. The van der Waals surface area contributed by atoms with Crippen molar-refractivity contribution in [2.75, 3.05) is 0 Å². The standard InChI is InChI=1S/C14H22N2O3/c1-9-3-5-11(6-4-9)18-8-12-7-10(2)13(19-12)14(17)16-15/h7,9,11H,3-6,8,15H2,1-2H3,(H,16,17). The molecule has 0 aliphatic heterocycles. The monoisotopic (exact) mass is 266 g/mol. The van der Waals surface area contributed by atoms with Crippen molar-refractivity contribution in [3.63, 3.8) is 0 Å². The molecular weight excluding hydrogens is 244 g/mol. The maximum atomic E-state index is 11.4. The molecule has 1 saturated carbocycles. The van der Waals surface area contributed by atoms with Crippen LogP contribution in [0, 0.1) is 12.8 Å². The molecule has 2 rings (SSSR count). The van der Waals surface area contributed by atoms with E-state index < -0.39 is 5.91 Å². The number of hydrogen-bond donors (Lipinski definition) is 2. The summed E-state index contributed by atoms with van der Waals surface area (Å²) in [6.45, 7) is 4.52. The molecule has 5 heteroatoms. The molecule has 0 saturated heterocycles. The number of furan rings is 1. The average molecular weight is 266 g/mol. The molecule has 19 heavy (non-hydrogen) atoms. The molecule has 3 N–H and O–H groups in total. The Morgan fingerprint density at radius 2 is 2.16 bits per heavy atom. The van der Waals surface area contributed by atoms with Crippen molar-refractivity contribution in [2.24, 2.45) is 11.8 Å². The van der Waals surface area contributed by atoms with Gasteiger partial charge in [0.25, 0.3) is 0 Å². The first-order chi connectivity index (χ1) is 9.10. The summed E-state index contributed by atoms with van der Waals surface area (Å²) in [6.07, 6.45) is 4.98. The van der Waals surface area contributed by atoms with Crippen LogP contribution < -0.4 is 11.3 Å². The summed E-state index contributed by atoms with van der Waals surface area (Å²) in [6, 6.07) is 1.83. The molecule has 1 aromatic heterocycles. The maximum absolute atomic E-state index is 11.4. The molecule has 1 amide bonds. The van der Waals surface area contributed by atoms with Crippen LogP contribution in [-0.4, -0.2) is 12.0 Å². The summed E-state index contributed by atoms with van der Waals surface area (Å²) in [5, 5.41) is 0. The van der Waals surface area contributed by atoms with E-state index in [1.165, 1.54) is 12.8 Å². The van der Waals surface area contributed by atoms with Gasteiger partial charge in [-0.25, -0.2) is 5.84 Å². The Labute approximate surface area is 113 Å². The molecule has 1 aromatic rings. The molecular formula is C14H22N2O3. The summed E-state index contributed by atoms with van der Waals surface area (Å²) in [7, 11) is 0. The minimum atomic E-state index is -0.407. The van der Waals surface area contributed by atoms with E-state index in [2.05, 4.69) is 12.3 Å². The van der Waals surface area contributed by atoms with Crippen molar-refractivity contribution in [2.45, 2.75) is 52.2 Å². The Morgan fingerprint density at radius 3 is 2.79 bits per heavy atom. The zero-order valence-electron chi connectivity index (χ0n) is 11.6. The fraction of sp³-hybridized carbons (Fsp3) is 0.643. The number of amides is 1. The van der Waals surface area contributed by atoms with Gasteiger partial charge >= 0.3 is 5.91 Å². The smallest absolute Gasteiger partial charge is 0.301 e. The van der Waals surface area contributed by atoms with Crippen molar-refractivity contribution in [3.05, 3.63) is 23.2 Å². The molecule has 0 bridgehead atoms. The number of ether oxygens (including phenoxy) is 1. The lowest BCUT2D eigenvalue weighted by Gasteiger charge is -2.25. The Balaban J connectivity index is 1.88. The van der Waals surface area contributed by atoms with Gasteiger partial charge in [0.05, 0.1) is 6.10 Å². The van der Waals surface area contributed by atoms with Crippen LogP contribution in [0.4, 0.5) is 0 Å². The number of rotatable bonds is 4. The van der Waals surface area contributed by atoms with E-state index in [0.29, 0.717) is 18.5 Å². The van der Waals surface area contributed by atoms with Gasteiger partial charge in [0.1, 0.15) is 12.4 Å². The van der Waals surface area contributed by atoms with E-state index in [-0.39, 0.29) is 5.76 Å².